The van der Waals surface area contributed by atoms with Crippen LogP contribution < -0.4 is 5.32 Å². The van der Waals surface area contributed by atoms with Crippen LogP contribution in [0.3, 0.4) is 0 Å². The van der Waals surface area contributed by atoms with Crippen molar-refractivity contribution in [2.75, 3.05) is 32.7 Å². The van der Waals surface area contributed by atoms with Crippen molar-refractivity contribution >= 4 is 0 Å². The molecule has 3 rings (SSSR count). The van der Waals surface area contributed by atoms with Crippen molar-refractivity contribution in [3.8, 4) is 0 Å². The number of nitrogens with zero attached hydrogens (tertiary/aromatic N) is 2. The van der Waals surface area contributed by atoms with Gasteiger partial charge in [-0.2, -0.15) is 0 Å². The molecule has 3 heterocycles. The van der Waals surface area contributed by atoms with E-state index in [1.807, 2.05) is 0 Å². The molecule has 0 spiro atoms. The number of hydrogen-bond acceptors (Lipinski definition) is 3. The molecule has 0 aliphatic carbocycles. The fraction of sp³-hybridized carbons (Fsp3) is 1.00. The van der Waals surface area contributed by atoms with Gasteiger partial charge in [0.05, 0.1) is 0 Å². The first kappa shape index (κ1) is 12.9. The predicted octanol–water partition coefficient (Wildman–Crippen LogP) is 1.69. The van der Waals surface area contributed by atoms with Gasteiger partial charge in [-0.25, -0.2) is 0 Å². The van der Waals surface area contributed by atoms with Gasteiger partial charge in [0.1, 0.15) is 0 Å². The number of hydrogen-bond donors (Lipinski definition) is 1. The minimum Gasteiger partial charge on any atom is -0.311 e. The topological polar surface area (TPSA) is 18.5 Å². The van der Waals surface area contributed by atoms with Crippen LogP contribution in [0.5, 0.6) is 0 Å². The van der Waals surface area contributed by atoms with Crippen LogP contribution in [-0.2, 0) is 0 Å². The van der Waals surface area contributed by atoms with Crippen LogP contribution in [0.25, 0.3) is 0 Å². The molecule has 0 aromatic rings. The van der Waals surface area contributed by atoms with Crippen LogP contribution >= 0.6 is 0 Å². The summed E-state index contributed by atoms with van der Waals surface area (Å²) < 4.78 is 0. The molecule has 3 heteroatoms. The van der Waals surface area contributed by atoms with Gasteiger partial charge in [-0.1, -0.05) is 13.3 Å². The van der Waals surface area contributed by atoms with Crippen LogP contribution in [0.15, 0.2) is 0 Å². The van der Waals surface area contributed by atoms with Crippen molar-refractivity contribution in [2.45, 2.75) is 63.6 Å². The van der Waals surface area contributed by atoms with Crippen LogP contribution in [0.1, 0.15) is 45.4 Å². The number of rotatable bonds is 3. The third-order valence-electron chi connectivity index (χ3n) is 5.23. The van der Waals surface area contributed by atoms with E-state index in [1.54, 1.807) is 0 Å². The van der Waals surface area contributed by atoms with Gasteiger partial charge in [-0.05, 0) is 45.2 Å². The van der Waals surface area contributed by atoms with Gasteiger partial charge in [-0.3, -0.25) is 4.90 Å². The van der Waals surface area contributed by atoms with Crippen molar-refractivity contribution in [1.82, 2.24) is 15.1 Å². The summed E-state index contributed by atoms with van der Waals surface area (Å²) in [5, 5.41) is 3.68. The molecule has 18 heavy (non-hydrogen) atoms. The highest BCUT2D eigenvalue weighted by Gasteiger charge is 2.35. The van der Waals surface area contributed by atoms with E-state index >= 15 is 0 Å². The zero-order chi connectivity index (χ0) is 12.4. The summed E-state index contributed by atoms with van der Waals surface area (Å²) in [7, 11) is 0. The standard InChI is InChI=1S/C15H29N3/c1-2-4-13-12-18(10-7-16-13)15-6-9-17-8-3-5-14(17)11-15/h13-16H,2-12H2,1H3. The summed E-state index contributed by atoms with van der Waals surface area (Å²) >= 11 is 0. The van der Waals surface area contributed by atoms with E-state index in [1.165, 1.54) is 71.2 Å². The highest BCUT2D eigenvalue weighted by atomic mass is 15.3. The van der Waals surface area contributed by atoms with Crippen molar-refractivity contribution in [1.29, 1.82) is 0 Å². The molecule has 0 amide bonds. The zero-order valence-corrected chi connectivity index (χ0v) is 11.9. The Balaban J connectivity index is 1.54. The lowest BCUT2D eigenvalue weighted by Crippen LogP contribution is -2.56. The van der Waals surface area contributed by atoms with Crippen molar-refractivity contribution < 1.29 is 0 Å². The van der Waals surface area contributed by atoms with Gasteiger partial charge in [0.25, 0.3) is 0 Å². The lowest BCUT2D eigenvalue weighted by atomic mass is 9.95. The summed E-state index contributed by atoms with van der Waals surface area (Å²) in [6.45, 7) is 8.81. The minimum absolute atomic E-state index is 0.755. The third kappa shape index (κ3) is 2.73. The number of nitrogens with one attached hydrogen (secondary N) is 1. The van der Waals surface area contributed by atoms with Crippen LogP contribution in [0.4, 0.5) is 0 Å². The van der Waals surface area contributed by atoms with E-state index in [4.69, 9.17) is 0 Å². The van der Waals surface area contributed by atoms with E-state index in [0.29, 0.717) is 0 Å². The summed E-state index contributed by atoms with van der Waals surface area (Å²) in [5.41, 5.74) is 0. The molecule has 3 aliphatic rings. The van der Waals surface area contributed by atoms with Crippen LogP contribution in [-0.4, -0.2) is 60.6 Å². The Labute approximate surface area is 112 Å². The van der Waals surface area contributed by atoms with Gasteiger partial charge >= 0.3 is 0 Å². The number of piperidine rings is 1. The second kappa shape index (κ2) is 5.89. The third-order valence-corrected chi connectivity index (χ3v) is 5.23. The van der Waals surface area contributed by atoms with Gasteiger partial charge < -0.3 is 10.2 Å². The second-order valence-electron chi connectivity index (χ2n) is 6.44. The van der Waals surface area contributed by atoms with Crippen molar-refractivity contribution in [3.05, 3.63) is 0 Å². The highest BCUT2D eigenvalue weighted by Crippen LogP contribution is 2.29. The molecular weight excluding hydrogens is 222 g/mol. The monoisotopic (exact) mass is 251 g/mol. The maximum absolute atomic E-state index is 3.68. The first-order chi connectivity index (χ1) is 8.86. The first-order valence-electron chi connectivity index (χ1n) is 8.08. The van der Waals surface area contributed by atoms with Gasteiger partial charge in [0.2, 0.25) is 0 Å². The predicted molar refractivity (Wildman–Crippen MR) is 75.9 cm³/mol. The molecule has 3 unspecified atom stereocenters. The van der Waals surface area contributed by atoms with E-state index in [0.717, 1.165) is 18.1 Å². The Hall–Kier alpha value is -0.120. The van der Waals surface area contributed by atoms with Gasteiger partial charge in [0, 0.05) is 37.8 Å². The van der Waals surface area contributed by atoms with Crippen LogP contribution in [0.2, 0.25) is 0 Å². The normalized spacial score (nSPS) is 38.8. The molecular formula is C15H29N3. The second-order valence-corrected chi connectivity index (χ2v) is 6.44. The van der Waals surface area contributed by atoms with E-state index < -0.39 is 0 Å². The van der Waals surface area contributed by atoms with E-state index in [9.17, 15) is 0 Å². The molecule has 0 saturated carbocycles. The van der Waals surface area contributed by atoms with Crippen molar-refractivity contribution in [3.63, 3.8) is 0 Å². The highest BCUT2D eigenvalue weighted by molar-refractivity contribution is 4.92. The molecule has 3 nitrogen and oxygen atoms in total. The summed E-state index contributed by atoms with van der Waals surface area (Å²) in [6, 6.07) is 2.56. The molecule has 3 aliphatic heterocycles. The molecule has 104 valence electrons. The molecule has 0 aromatic heterocycles. The molecule has 1 N–H and O–H groups in total. The smallest absolute Gasteiger partial charge is 0.0195 e. The Morgan fingerprint density at radius 1 is 1.06 bits per heavy atom. The number of piperazine rings is 1. The Kier molecular flexibility index (Phi) is 4.22. The summed E-state index contributed by atoms with van der Waals surface area (Å²) in [4.78, 5) is 5.54. The summed E-state index contributed by atoms with van der Waals surface area (Å²) in [6.07, 6.45) is 8.41. The lowest BCUT2D eigenvalue weighted by molar-refractivity contribution is 0.0657. The average molecular weight is 251 g/mol. The van der Waals surface area contributed by atoms with E-state index in [2.05, 4.69) is 22.0 Å². The lowest BCUT2D eigenvalue weighted by Gasteiger charge is -2.44. The fourth-order valence-electron chi connectivity index (χ4n) is 4.26. The molecule has 0 aromatic carbocycles. The Morgan fingerprint density at radius 2 is 1.94 bits per heavy atom. The molecule has 3 fully saturated rings. The average Bonchev–Trinajstić information content (AvgIpc) is 2.86. The maximum Gasteiger partial charge on any atom is 0.0195 e. The fourth-order valence-corrected chi connectivity index (χ4v) is 4.26. The Bertz CT molecular complexity index is 266. The quantitative estimate of drug-likeness (QED) is 0.823. The van der Waals surface area contributed by atoms with Gasteiger partial charge in [-0.15, -0.1) is 0 Å². The number of fused-ring (bicyclic) bond motifs is 1. The first-order valence-corrected chi connectivity index (χ1v) is 8.08. The SMILES string of the molecule is CCCC1CN(C2CCN3CCCC3C2)CCN1. The zero-order valence-electron chi connectivity index (χ0n) is 11.9. The molecule has 0 bridgehead atoms. The van der Waals surface area contributed by atoms with Gasteiger partial charge in [0.15, 0.2) is 0 Å². The maximum atomic E-state index is 3.68. The minimum atomic E-state index is 0.755. The van der Waals surface area contributed by atoms with E-state index in [-0.39, 0.29) is 0 Å². The van der Waals surface area contributed by atoms with Crippen LogP contribution in [0, 0.1) is 0 Å². The Morgan fingerprint density at radius 3 is 2.83 bits per heavy atom. The summed E-state index contributed by atoms with van der Waals surface area (Å²) in [5.74, 6) is 0. The largest absolute Gasteiger partial charge is 0.311 e. The molecule has 3 saturated heterocycles. The van der Waals surface area contributed by atoms with Crippen molar-refractivity contribution in [2.24, 2.45) is 0 Å². The molecule has 3 atom stereocenters. The molecule has 0 radical (unpaired) electrons.